The summed E-state index contributed by atoms with van der Waals surface area (Å²) in [5, 5.41) is 0. The van der Waals surface area contributed by atoms with E-state index in [-0.39, 0.29) is 17.9 Å². The smallest absolute Gasteiger partial charge is 0.302 e. The number of amides is 1. The first-order valence-electron chi connectivity index (χ1n) is 7.71. The van der Waals surface area contributed by atoms with E-state index >= 15 is 0 Å². The highest BCUT2D eigenvalue weighted by Crippen LogP contribution is 2.13. The second-order valence-electron chi connectivity index (χ2n) is 5.45. The molecular weight excluding hydrogens is 294 g/mol. The van der Waals surface area contributed by atoms with Crippen molar-refractivity contribution in [3.63, 3.8) is 0 Å². The van der Waals surface area contributed by atoms with Gasteiger partial charge < -0.3 is 14.4 Å². The van der Waals surface area contributed by atoms with Gasteiger partial charge in [0.05, 0.1) is 6.61 Å². The number of carbonyl (C=O) groups is 2. The molecule has 0 heterocycles. The van der Waals surface area contributed by atoms with Crippen LogP contribution >= 0.6 is 0 Å². The van der Waals surface area contributed by atoms with Crippen molar-refractivity contribution >= 4 is 11.9 Å². The van der Waals surface area contributed by atoms with Crippen LogP contribution in [0.1, 0.15) is 33.3 Å². The van der Waals surface area contributed by atoms with Gasteiger partial charge in [0, 0.05) is 32.5 Å². The summed E-state index contributed by atoms with van der Waals surface area (Å²) in [6.07, 6.45) is 4.25. The summed E-state index contributed by atoms with van der Waals surface area (Å²) in [5.41, 5.74) is 1.08. The molecule has 126 valence electrons. The predicted octanol–water partition coefficient (Wildman–Crippen LogP) is 2.94. The molecule has 0 unspecified atom stereocenters. The van der Waals surface area contributed by atoms with Crippen molar-refractivity contribution in [2.24, 2.45) is 0 Å². The van der Waals surface area contributed by atoms with Gasteiger partial charge in [0.2, 0.25) is 5.91 Å². The van der Waals surface area contributed by atoms with Crippen molar-refractivity contribution in [1.82, 2.24) is 4.90 Å². The fourth-order valence-corrected chi connectivity index (χ4v) is 2.01. The van der Waals surface area contributed by atoms with Gasteiger partial charge in [-0.15, -0.1) is 0 Å². The Kier molecular flexibility index (Phi) is 7.88. The van der Waals surface area contributed by atoms with Crippen LogP contribution in [0.25, 0.3) is 0 Å². The standard InChI is InChI=1S/C18H25NO4/c1-14(2)19(15(3)20)11-5-12-23-18-8-6-17(7-9-18)10-13-22-16(4)21/h5-9,11,14H,10,12-13H2,1-4H3/b11-5+. The first-order valence-corrected chi connectivity index (χ1v) is 7.71. The lowest BCUT2D eigenvalue weighted by Crippen LogP contribution is -2.29. The Morgan fingerprint density at radius 3 is 2.35 bits per heavy atom. The van der Waals surface area contributed by atoms with Crippen molar-refractivity contribution < 1.29 is 19.1 Å². The Bertz CT molecular complexity index is 534. The largest absolute Gasteiger partial charge is 0.489 e. The molecule has 5 heteroatoms. The average Bonchev–Trinajstić information content (AvgIpc) is 2.47. The number of nitrogens with zero attached hydrogens (tertiary/aromatic N) is 1. The average molecular weight is 319 g/mol. The van der Waals surface area contributed by atoms with Crippen molar-refractivity contribution in [2.45, 2.75) is 40.2 Å². The highest BCUT2D eigenvalue weighted by molar-refractivity contribution is 5.74. The molecule has 1 rings (SSSR count). The van der Waals surface area contributed by atoms with Crippen LogP contribution in [-0.4, -0.2) is 36.0 Å². The third-order valence-electron chi connectivity index (χ3n) is 3.15. The molecule has 0 fully saturated rings. The molecule has 0 aliphatic carbocycles. The zero-order chi connectivity index (χ0) is 17.2. The van der Waals surface area contributed by atoms with Gasteiger partial charge in [-0.1, -0.05) is 12.1 Å². The van der Waals surface area contributed by atoms with Gasteiger partial charge >= 0.3 is 5.97 Å². The zero-order valence-corrected chi connectivity index (χ0v) is 14.2. The lowest BCUT2D eigenvalue weighted by Gasteiger charge is -2.20. The van der Waals surface area contributed by atoms with Crippen molar-refractivity contribution in [2.75, 3.05) is 13.2 Å². The first kappa shape index (κ1) is 18.7. The van der Waals surface area contributed by atoms with Crippen LogP contribution < -0.4 is 4.74 Å². The second-order valence-corrected chi connectivity index (χ2v) is 5.45. The molecule has 0 spiro atoms. The molecule has 0 bridgehead atoms. The minimum Gasteiger partial charge on any atom is -0.489 e. The Morgan fingerprint density at radius 1 is 1.17 bits per heavy atom. The Morgan fingerprint density at radius 2 is 1.83 bits per heavy atom. The molecule has 1 aromatic rings. The van der Waals surface area contributed by atoms with Crippen LogP contribution in [0, 0.1) is 0 Å². The molecule has 0 atom stereocenters. The lowest BCUT2D eigenvalue weighted by molar-refractivity contribution is -0.140. The summed E-state index contributed by atoms with van der Waals surface area (Å²) in [6.45, 7) is 7.64. The van der Waals surface area contributed by atoms with Crippen molar-refractivity contribution in [1.29, 1.82) is 0 Å². The molecule has 1 amide bonds. The summed E-state index contributed by atoms with van der Waals surface area (Å²) in [6, 6.07) is 7.77. The third kappa shape index (κ3) is 7.49. The SMILES string of the molecule is CC(=O)OCCc1ccc(OC/C=C/N(C(C)=O)C(C)C)cc1. The minimum absolute atomic E-state index is 0.00776. The summed E-state index contributed by atoms with van der Waals surface area (Å²) in [5.74, 6) is 0.496. The molecule has 23 heavy (non-hydrogen) atoms. The molecule has 0 aliphatic rings. The third-order valence-corrected chi connectivity index (χ3v) is 3.15. The molecule has 0 radical (unpaired) electrons. The van der Waals surface area contributed by atoms with Gasteiger partial charge in [-0.25, -0.2) is 0 Å². The number of hydrogen-bond acceptors (Lipinski definition) is 4. The highest BCUT2D eigenvalue weighted by Gasteiger charge is 2.08. The molecule has 1 aromatic carbocycles. The van der Waals surface area contributed by atoms with Crippen LogP contribution in [0.15, 0.2) is 36.5 Å². The van der Waals surface area contributed by atoms with E-state index in [9.17, 15) is 9.59 Å². The maximum atomic E-state index is 11.4. The topological polar surface area (TPSA) is 55.8 Å². The van der Waals surface area contributed by atoms with E-state index < -0.39 is 0 Å². The van der Waals surface area contributed by atoms with Crippen molar-refractivity contribution in [3.05, 3.63) is 42.1 Å². The van der Waals surface area contributed by atoms with Gasteiger partial charge in [-0.2, -0.15) is 0 Å². The fraction of sp³-hybridized carbons (Fsp3) is 0.444. The van der Waals surface area contributed by atoms with Crippen LogP contribution in [0.3, 0.4) is 0 Å². The molecule has 5 nitrogen and oxygen atoms in total. The number of benzene rings is 1. The van der Waals surface area contributed by atoms with E-state index in [1.165, 1.54) is 6.92 Å². The van der Waals surface area contributed by atoms with E-state index in [0.717, 1.165) is 11.3 Å². The van der Waals surface area contributed by atoms with Gasteiger partial charge in [-0.3, -0.25) is 9.59 Å². The minimum atomic E-state index is -0.266. The van der Waals surface area contributed by atoms with E-state index in [4.69, 9.17) is 9.47 Å². The van der Waals surface area contributed by atoms with E-state index in [1.54, 1.807) is 18.0 Å². The lowest BCUT2D eigenvalue weighted by atomic mass is 10.1. The summed E-state index contributed by atoms with van der Waals surface area (Å²) in [7, 11) is 0. The normalized spacial score (nSPS) is 10.8. The van der Waals surface area contributed by atoms with E-state index in [1.807, 2.05) is 44.2 Å². The monoisotopic (exact) mass is 319 g/mol. The van der Waals surface area contributed by atoms with Gasteiger partial charge in [-0.05, 0) is 37.6 Å². The number of ether oxygens (including phenoxy) is 2. The molecule has 0 aromatic heterocycles. The van der Waals surface area contributed by atoms with Gasteiger partial charge in [0.25, 0.3) is 0 Å². The maximum absolute atomic E-state index is 11.4. The fourth-order valence-electron chi connectivity index (χ4n) is 2.01. The summed E-state index contributed by atoms with van der Waals surface area (Å²) >= 11 is 0. The first-order chi connectivity index (χ1) is 10.9. The maximum Gasteiger partial charge on any atom is 0.302 e. The van der Waals surface area contributed by atoms with Gasteiger partial charge in [0.1, 0.15) is 12.4 Å². The van der Waals surface area contributed by atoms with Crippen LogP contribution in [-0.2, 0) is 20.7 Å². The predicted molar refractivity (Wildman–Crippen MR) is 89.1 cm³/mol. The highest BCUT2D eigenvalue weighted by atomic mass is 16.5. The Labute approximate surface area is 137 Å². The quantitative estimate of drug-likeness (QED) is 0.691. The number of esters is 1. The zero-order valence-electron chi connectivity index (χ0n) is 14.2. The van der Waals surface area contributed by atoms with Crippen LogP contribution in [0.4, 0.5) is 0 Å². The molecule has 0 aliphatic heterocycles. The number of hydrogen-bond donors (Lipinski definition) is 0. The van der Waals surface area contributed by atoms with E-state index in [2.05, 4.69) is 0 Å². The number of carbonyl (C=O) groups excluding carboxylic acids is 2. The molecular formula is C18H25NO4. The van der Waals surface area contributed by atoms with Crippen LogP contribution in [0.5, 0.6) is 5.75 Å². The van der Waals surface area contributed by atoms with Crippen molar-refractivity contribution in [3.8, 4) is 5.75 Å². The molecule has 0 N–H and O–H groups in total. The Balaban J connectivity index is 2.40. The van der Waals surface area contributed by atoms with E-state index in [0.29, 0.717) is 19.6 Å². The Hall–Kier alpha value is -2.30. The number of rotatable bonds is 8. The summed E-state index contributed by atoms with van der Waals surface area (Å²) < 4.78 is 10.5. The molecule has 0 saturated heterocycles. The van der Waals surface area contributed by atoms with Crippen LogP contribution in [0.2, 0.25) is 0 Å². The van der Waals surface area contributed by atoms with Gasteiger partial charge in [0.15, 0.2) is 0 Å². The second kappa shape index (κ2) is 9.66. The summed E-state index contributed by atoms with van der Waals surface area (Å²) in [4.78, 5) is 23.8. The molecule has 0 saturated carbocycles.